The van der Waals surface area contributed by atoms with Crippen LogP contribution < -0.4 is 17.2 Å². The predicted octanol–water partition coefficient (Wildman–Crippen LogP) is 12.4. The average molecular weight is 713 g/mol. The summed E-state index contributed by atoms with van der Waals surface area (Å²) in [5.41, 5.74) is 30.6. The Balaban J connectivity index is 0.00000103. The van der Waals surface area contributed by atoms with Crippen LogP contribution in [0.4, 0.5) is 5.69 Å². The van der Waals surface area contributed by atoms with Gasteiger partial charge in [0.25, 0.3) is 0 Å². The summed E-state index contributed by atoms with van der Waals surface area (Å²) >= 11 is 0. The topological polar surface area (TPSA) is 83.0 Å². The highest BCUT2D eigenvalue weighted by atomic mass is 15.0. The molecule has 0 saturated heterocycles. The maximum atomic E-state index is 6.68. The summed E-state index contributed by atoms with van der Waals surface area (Å²) in [5, 5.41) is 1.18. The van der Waals surface area contributed by atoms with E-state index in [9.17, 15) is 0 Å². The molecule has 54 heavy (non-hydrogen) atoms. The summed E-state index contributed by atoms with van der Waals surface area (Å²) in [6.07, 6.45) is 4.17. The molecule has 0 aliphatic heterocycles. The predicted molar refractivity (Wildman–Crippen MR) is 237 cm³/mol. The first-order chi connectivity index (χ1) is 26.5. The Kier molecular flexibility index (Phi) is 15.2. The van der Waals surface area contributed by atoms with Gasteiger partial charge in [0.1, 0.15) is 0 Å². The van der Waals surface area contributed by atoms with Gasteiger partial charge in [-0.3, -0.25) is 0 Å². The van der Waals surface area contributed by atoms with Crippen LogP contribution in [-0.4, -0.2) is 11.6 Å². The Hall–Kier alpha value is -6.10. The normalized spacial score (nSPS) is 11.8. The number of nitrogens with zero attached hydrogens (tertiary/aromatic N) is 1. The summed E-state index contributed by atoms with van der Waals surface area (Å²) < 4.78 is 2.40. The van der Waals surface area contributed by atoms with Crippen LogP contribution in [0.2, 0.25) is 0 Å². The third-order valence-corrected chi connectivity index (χ3v) is 9.37. The molecule has 6 N–H and O–H groups in total. The molecule has 0 aliphatic carbocycles. The number of anilines is 1. The van der Waals surface area contributed by atoms with Crippen molar-refractivity contribution >= 4 is 28.4 Å². The summed E-state index contributed by atoms with van der Waals surface area (Å²) in [6, 6.07) is 54.9. The molecule has 0 bridgehead atoms. The summed E-state index contributed by atoms with van der Waals surface area (Å²) in [5.74, 6) is 0.0266. The van der Waals surface area contributed by atoms with Gasteiger partial charge < -0.3 is 21.8 Å². The van der Waals surface area contributed by atoms with Gasteiger partial charge in [0.2, 0.25) is 0 Å². The van der Waals surface area contributed by atoms with E-state index in [2.05, 4.69) is 151 Å². The summed E-state index contributed by atoms with van der Waals surface area (Å²) in [6.45, 7) is 14.6. The molecule has 4 nitrogen and oxygen atoms in total. The molecule has 7 aromatic rings. The molecule has 0 fully saturated rings. The molecule has 2 unspecified atom stereocenters. The average Bonchev–Trinajstić information content (AvgIpc) is 3.60. The van der Waals surface area contributed by atoms with E-state index < -0.39 is 0 Å². The zero-order valence-corrected chi connectivity index (χ0v) is 32.7. The SMILES string of the molecule is C=Cc1c(C(C)c2ccccc2-c2ccccc2N)n(-c2ccc(C(/C=C(\N)c3ccccc3)c3ccccc3)cc2)c2ccccc12.CC.CC.CN. The third kappa shape index (κ3) is 8.74. The fourth-order valence-electron chi connectivity index (χ4n) is 7.00. The lowest BCUT2D eigenvalue weighted by Crippen LogP contribution is -2.09. The fourth-order valence-corrected chi connectivity index (χ4v) is 7.00. The quantitative estimate of drug-likeness (QED) is 0.130. The van der Waals surface area contributed by atoms with E-state index in [1.165, 1.54) is 34.8 Å². The highest BCUT2D eigenvalue weighted by Crippen LogP contribution is 2.42. The lowest BCUT2D eigenvalue weighted by Gasteiger charge is -2.22. The Labute approximate surface area is 323 Å². The monoisotopic (exact) mass is 712 g/mol. The van der Waals surface area contributed by atoms with Crippen LogP contribution >= 0.6 is 0 Å². The number of rotatable bonds is 9. The van der Waals surface area contributed by atoms with Crippen LogP contribution in [0.1, 0.15) is 80.0 Å². The van der Waals surface area contributed by atoms with Gasteiger partial charge in [-0.1, -0.05) is 181 Å². The second-order valence-electron chi connectivity index (χ2n) is 12.2. The van der Waals surface area contributed by atoms with Crippen LogP contribution in [0.15, 0.2) is 170 Å². The minimum absolute atomic E-state index is 0.00722. The van der Waals surface area contributed by atoms with Crippen LogP contribution in [0.5, 0.6) is 0 Å². The van der Waals surface area contributed by atoms with Gasteiger partial charge in [-0.2, -0.15) is 0 Å². The standard InChI is InChI=1S/C45H39N3.2C2H6.CH5N/c1-3-36-40-23-13-15-25-44(40)48(45(36)31(2)37-20-10-11-21-38(37)39-22-12-14-24-42(39)46)35-28-26-33(27-29-35)41(32-16-6-4-7-17-32)30-43(47)34-18-8-5-9-19-34;3*1-2/h3-31,41H,1,46-47H2,2H3;2*1-2H3;2H2,1H3/b43-30-;;;. The van der Waals surface area contributed by atoms with Crippen molar-refractivity contribution in [1.82, 2.24) is 4.57 Å². The van der Waals surface area contributed by atoms with E-state index in [0.29, 0.717) is 0 Å². The zero-order valence-electron chi connectivity index (χ0n) is 32.7. The van der Waals surface area contributed by atoms with E-state index in [1.54, 1.807) is 0 Å². The minimum Gasteiger partial charge on any atom is -0.398 e. The minimum atomic E-state index is -0.00722. The van der Waals surface area contributed by atoms with Crippen molar-refractivity contribution in [1.29, 1.82) is 0 Å². The molecule has 0 aliphatic rings. The molecule has 1 aromatic heterocycles. The number of para-hydroxylation sites is 2. The zero-order chi connectivity index (χ0) is 39.0. The summed E-state index contributed by atoms with van der Waals surface area (Å²) in [7, 11) is 1.50. The van der Waals surface area contributed by atoms with E-state index in [4.69, 9.17) is 11.5 Å². The molecular formula is C50H56N4. The van der Waals surface area contributed by atoms with Crippen molar-refractivity contribution in [2.45, 2.75) is 46.5 Å². The van der Waals surface area contributed by atoms with E-state index >= 15 is 0 Å². The molecule has 7 rings (SSSR count). The molecule has 6 aromatic carbocycles. The van der Waals surface area contributed by atoms with Gasteiger partial charge in [-0.15, -0.1) is 0 Å². The number of aromatic nitrogens is 1. The van der Waals surface area contributed by atoms with Gasteiger partial charge in [0, 0.05) is 51.1 Å². The number of allylic oxidation sites excluding steroid dienone is 1. The third-order valence-electron chi connectivity index (χ3n) is 9.37. The van der Waals surface area contributed by atoms with Crippen LogP contribution in [-0.2, 0) is 0 Å². The molecule has 0 spiro atoms. The molecule has 2 atom stereocenters. The van der Waals surface area contributed by atoms with Crippen LogP contribution in [0.25, 0.3) is 39.5 Å². The van der Waals surface area contributed by atoms with Gasteiger partial charge in [-0.25, -0.2) is 0 Å². The number of fused-ring (bicyclic) bond motifs is 1. The first-order valence-corrected chi connectivity index (χ1v) is 19.0. The first-order valence-electron chi connectivity index (χ1n) is 19.0. The maximum Gasteiger partial charge on any atom is 0.0537 e. The Morgan fingerprint density at radius 2 is 1.13 bits per heavy atom. The Morgan fingerprint density at radius 3 is 1.76 bits per heavy atom. The van der Waals surface area contributed by atoms with Gasteiger partial charge in [0.05, 0.1) is 5.52 Å². The van der Waals surface area contributed by atoms with Gasteiger partial charge >= 0.3 is 0 Å². The fraction of sp³-hybridized carbons (Fsp3) is 0.160. The lowest BCUT2D eigenvalue weighted by atomic mass is 9.87. The van der Waals surface area contributed by atoms with Crippen LogP contribution in [0.3, 0.4) is 0 Å². The molecule has 4 heteroatoms. The number of hydrogen-bond acceptors (Lipinski definition) is 3. The van der Waals surface area contributed by atoms with Crippen molar-refractivity contribution < 1.29 is 0 Å². The first kappa shape index (κ1) is 40.7. The smallest absolute Gasteiger partial charge is 0.0537 e. The molecular weight excluding hydrogens is 657 g/mol. The van der Waals surface area contributed by atoms with Crippen molar-refractivity contribution in [2.24, 2.45) is 11.5 Å². The van der Waals surface area contributed by atoms with Gasteiger partial charge in [-0.05, 0) is 65.2 Å². The maximum absolute atomic E-state index is 6.68. The molecule has 0 radical (unpaired) electrons. The van der Waals surface area contributed by atoms with Crippen molar-refractivity contribution in [3.8, 4) is 16.8 Å². The van der Waals surface area contributed by atoms with Crippen molar-refractivity contribution in [2.75, 3.05) is 12.8 Å². The number of nitrogen functional groups attached to an aromatic ring is 1. The lowest BCUT2D eigenvalue weighted by molar-refractivity contribution is 0.837. The number of nitrogens with two attached hydrogens (primary N) is 3. The Bertz CT molecular complexity index is 2230. The number of benzene rings is 6. The second-order valence-corrected chi connectivity index (χ2v) is 12.2. The molecule has 276 valence electrons. The largest absolute Gasteiger partial charge is 0.398 e. The highest BCUT2D eigenvalue weighted by Gasteiger charge is 2.25. The molecule has 0 saturated carbocycles. The van der Waals surface area contributed by atoms with Crippen molar-refractivity contribution in [3.05, 3.63) is 204 Å². The molecule has 1 heterocycles. The second kappa shape index (κ2) is 20.2. The Morgan fingerprint density at radius 1 is 0.611 bits per heavy atom. The van der Waals surface area contributed by atoms with E-state index in [0.717, 1.165) is 44.8 Å². The highest BCUT2D eigenvalue weighted by molar-refractivity contribution is 5.93. The number of hydrogen-bond donors (Lipinski definition) is 3. The van der Waals surface area contributed by atoms with Crippen molar-refractivity contribution in [3.63, 3.8) is 0 Å². The summed E-state index contributed by atoms with van der Waals surface area (Å²) in [4.78, 5) is 0. The molecule has 0 amide bonds. The van der Waals surface area contributed by atoms with Gasteiger partial charge in [0.15, 0.2) is 0 Å². The van der Waals surface area contributed by atoms with E-state index in [-0.39, 0.29) is 11.8 Å². The van der Waals surface area contributed by atoms with Crippen LogP contribution in [0, 0.1) is 0 Å². The van der Waals surface area contributed by atoms with E-state index in [1.807, 2.05) is 70.2 Å².